The highest BCUT2D eigenvalue weighted by molar-refractivity contribution is 9.10. The summed E-state index contributed by atoms with van der Waals surface area (Å²) >= 11 is 5.81. The summed E-state index contributed by atoms with van der Waals surface area (Å²) in [5.41, 5.74) is 4.10. The lowest BCUT2D eigenvalue weighted by Gasteiger charge is -2.10. The van der Waals surface area contributed by atoms with Gasteiger partial charge >= 0.3 is 5.97 Å². The molecule has 0 spiro atoms. The van der Waals surface area contributed by atoms with Gasteiger partial charge in [0.2, 0.25) is 11.7 Å². The molecular weight excluding hydrogens is 564 g/mol. The Balaban J connectivity index is 1.54. The molecule has 1 amide bonds. The predicted molar refractivity (Wildman–Crippen MR) is 146 cm³/mol. The molecule has 0 saturated heterocycles. The molecule has 11 heteroatoms. The summed E-state index contributed by atoms with van der Waals surface area (Å²) in [4.78, 5) is 25.6. The molecule has 0 atom stereocenters. The van der Waals surface area contributed by atoms with E-state index in [2.05, 4.69) is 38.0 Å². The molecule has 4 rings (SSSR count). The minimum Gasteiger partial charge on any atom is -0.465 e. The molecule has 186 valence electrons. The molecule has 8 nitrogen and oxygen atoms in total. The fraction of sp³-hybridized carbons (Fsp3) is 0.200. The number of halogens is 1. The number of thioether (sulfide) groups is 1. The smallest absolute Gasteiger partial charge is 0.341 e. The Bertz CT molecular complexity index is 1440. The molecule has 0 unspecified atom stereocenters. The molecule has 0 aliphatic rings. The Labute approximate surface area is 224 Å². The van der Waals surface area contributed by atoms with Gasteiger partial charge in [0.15, 0.2) is 15.6 Å². The van der Waals surface area contributed by atoms with Crippen LogP contribution in [-0.2, 0) is 16.1 Å². The van der Waals surface area contributed by atoms with Crippen LogP contribution >= 0.6 is 39.0 Å². The SMILES string of the molecule is C=CCn1c(SCC(=O)Nc2scc(-c3cc(C)ccc3C)c2C(=O)OC)nnc1-c1ccc(Br)o1. The number of furan rings is 1. The maximum atomic E-state index is 12.9. The molecule has 0 aliphatic carbocycles. The number of carbonyl (C=O) groups is 2. The second-order valence-electron chi connectivity index (χ2n) is 7.81. The van der Waals surface area contributed by atoms with Crippen molar-refractivity contribution >= 4 is 55.9 Å². The van der Waals surface area contributed by atoms with Gasteiger partial charge in [-0.1, -0.05) is 41.6 Å². The Hall–Kier alpha value is -3.15. The van der Waals surface area contributed by atoms with Crippen molar-refractivity contribution in [3.63, 3.8) is 0 Å². The molecule has 3 heterocycles. The number of benzene rings is 1. The molecule has 0 bridgehead atoms. The van der Waals surface area contributed by atoms with Gasteiger partial charge in [-0.25, -0.2) is 4.79 Å². The third-order valence-corrected chi connectivity index (χ3v) is 7.56. The first kappa shape index (κ1) is 25.9. The van der Waals surface area contributed by atoms with Crippen LogP contribution in [0.2, 0.25) is 0 Å². The summed E-state index contributed by atoms with van der Waals surface area (Å²) in [6, 6.07) is 9.60. The molecule has 0 aliphatic heterocycles. The molecule has 36 heavy (non-hydrogen) atoms. The van der Waals surface area contributed by atoms with Crippen molar-refractivity contribution in [1.29, 1.82) is 0 Å². The van der Waals surface area contributed by atoms with E-state index in [1.165, 1.54) is 30.2 Å². The van der Waals surface area contributed by atoms with Gasteiger partial charge in [0.25, 0.3) is 0 Å². The van der Waals surface area contributed by atoms with Crippen molar-refractivity contribution in [1.82, 2.24) is 14.8 Å². The van der Waals surface area contributed by atoms with Crippen molar-refractivity contribution in [2.45, 2.75) is 25.5 Å². The van der Waals surface area contributed by atoms with Crippen LogP contribution in [-0.4, -0.2) is 39.5 Å². The molecule has 1 aromatic carbocycles. The second kappa shape index (κ2) is 11.3. The lowest BCUT2D eigenvalue weighted by molar-refractivity contribution is -0.113. The summed E-state index contributed by atoms with van der Waals surface area (Å²) < 4.78 is 13.0. The van der Waals surface area contributed by atoms with E-state index in [1.807, 2.05) is 42.0 Å². The zero-order valence-corrected chi connectivity index (χ0v) is 23.1. The van der Waals surface area contributed by atoms with Crippen molar-refractivity contribution < 1.29 is 18.7 Å². The average Bonchev–Trinajstić information content (AvgIpc) is 3.57. The summed E-state index contributed by atoms with van der Waals surface area (Å²) in [7, 11) is 1.33. The Morgan fingerprint density at radius 1 is 1.25 bits per heavy atom. The average molecular weight is 588 g/mol. The molecule has 0 fully saturated rings. The zero-order chi connectivity index (χ0) is 25.8. The Kier molecular flexibility index (Phi) is 8.12. The van der Waals surface area contributed by atoms with Crippen LogP contribution in [0.15, 0.2) is 62.6 Å². The minimum absolute atomic E-state index is 0.0639. The van der Waals surface area contributed by atoms with Crippen LogP contribution in [0.3, 0.4) is 0 Å². The number of carbonyl (C=O) groups excluding carboxylic acids is 2. The summed E-state index contributed by atoms with van der Waals surface area (Å²) in [5, 5.41) is 14.2. The number of ether oxygens (including phenoxy) is 1. The Morgan fingerprint density at radius 2 is 2.06 bits per heavy atom. The number of aryl methyl sites for hydroxylation is 2. The van der Waals surface area contributed by atoms with E-state index >= 15 is 0 Å². The quantitative estimate of drug-likeness (QED) is 0.138. The number of thiophene rings is 1. The van der Waals surface area contributed by atoms with Gasteiger partial charge < -0.3 is 14.5 Å². The van der Waals surface area contributed by atoms with Crippen molar-refractivity contribution in [3.8, 4) is 22.7 Å². The van der Waals surface area contributed by atoms with Crippen molar-refractivity contribution in [3.05, 3.63) is 69.7 Å². The lowest BCUT2D eigenvalue weighted by Crippen LogP contribution is -2.16. The number of methoxy groups -OCH3 is 1. The van der Waals surface area contributed by atoms with Crippen LogP contribution in [0.25, 0.3) is 22.7 Å². The van der Waals surface area contributed by atoms with E-state index in [4.69, 9.17) is 9.15 Å². The summed E-state index contributed by atoms with van der Waals surface area (Å²) in [5.74, 6) is 0.361. The maximum Gasteiger partial charge on any atom is 0.341 e. The number of hydrogen-bond acceptors (Lipinski definition) is 8. The van der Waals surface area contributed by atoms with E-state index in [0.717, 1.165) is 22.3 Å². The molecule has 4 aromatic rings. The fourth-order valence-corrected chi connectivity index (χ4v) is 5.60. The standard InChI is InChI=1S/C25H23BrN4O4S2/c1-5-10-30-22(18-8-9-19(26)34-18)28-29-25(30)36-13-20(31)27-23-21(24(32)33-4)17(12-35-23)16-11-14(2)6-7-15(16)3/h5-9,11-12H,1,10,13H2,2-4H3,(H,27,31). The minimum atomic E-state index is -0.505. The number of nitrogens with zero attached hydrogens (tertiary/aromatic N) is 3. The van der Waals surface area contributed by atoms with Crippen LogP contribution < -0.4 is 5.32 Å². The monoisotopic (exact) mass is 586 g/mol. The topological polar surface area (TPSA) is 99.2 Å². The highest BCUT2D eigenvalue weighted by Gasteiger charge is 2.24. The number of esters is 1. The van der Waals surface area contributed by atoms with Crippen molar-refractivity contribution in [2.24, 2.45) is 0 Å². The first-order valence-corrected chi connectivity index (χ1v) is 13.5. The van der Waals surface area contributed by atoms with E-state index in [1.54, 1.807) is 18.2 Å². The number of amides is 1. The number of nitrogens with one attached hydrogen (secondary N) is 1. The first-order chi connectivity index (χ1) is 17.3. The van der Waals surface area contributed by atoms with Gasteiger partial charge in [-0.3, -0.25) is 9.36 Å². The first-order valence-electron chi connectivity index (χ1n) is 10.8. The van der Waals surface area contributed by atoms with E-state index < -0.39 is 5.97 Å². The third-order valence-electron chi connectivity index (χ3n) is 5.27. The number of anilines is 1. The highest BCUT2D eigenvalue weighted by atomic mass is 79.9. The third kappa shape index (κ3) is 5.48. The Morgan fingerprint density at radius 3 is 2.75 bits per heavy atom. The molecular formula is C25H23BrN4O4S2. The largest absolute Gasteiger partial charge is 0.465 e. The summed E-state index contributed by atoms with van der Waals surface area (Å²) in [6.07, 6.45) is 1.72. The van der Waals surface area contributed by atoms with E-state index in [9.17, 15) is 9.59 Å². The second-order valence-corrected chi connectivity index (χ2v) is 10.4. The number of rotatable bonds is 9. The van der Waals surface area contributed by atoms with Gasteiger partial charge in [-0.05, 0) is 53.0 Å². The zero-order valence-electron chi connectivity index (χ0n) is 19.8. The van der Waals surface area contributed by atoms with Gasteiger partial charge in [0.1, 0.15) is 10.6 Å². The van der Waals surface area contributed by atoms with E-state index in [-0.39, 0.29) is 11.7 Å². The predicted octanol–water partition coefficient (Wildman–Crippen LogP) is 6.35. The van der Waals surface area contributed by atoms with Crippen LogP contribution in [0.4, 0.5) is 5.00 Å². The van der Waals surface area contributed by atoms with Gasteiger partial charge in [-0.2, -0.15) is 0 Å². The molecule has 1 N–H and O–H groups in total. The van der Waals surface area contributed by atoms with E-state index in [0.29, 0.717) is 38.5 Å². The normalized spacial score (nSPS) is 10.9. The van der Waals surface area contributed by atoms with Crippen molar-refractivity contribution in [2.75, 3.05) is 18.2 Å². The van der Waals surface area contributed by atoms with Gasteiger partial charge in [0.05, 0.1) is 12.9 Å². The molecule has 3 aromatic heterocycles. The lowest BCUT2D eigenvalue weighted by atomic mass is 9.97. The number of hydrogen-bond donors (Lipinski definition) is 1. The number of allylic oxidation sites excluding steroid dienone is 1. The molecule has 0 radical (unpaired) electrons. The fourth-order valence-electron chi connectivity index (χ4n) is 3.58. The number of aromatic nitrogens is 3. The highest BCUT2D eigenvalue weighted by Crippen LogP contribution is 2.38. The van der Waals surface area contributed by atoms with Gasteiger partial charge in [-0.15, -0.1) is 28.1 Å². The van der Waals surface area contributed by atoms with Crippen LogP contribution in [0, 0.1) is 13.8 Å². The molecule has 0 saturated carbocycles. The maximum absolute atomic E-state index is 12.9. The van der Waals surface area contributed by atoms with Gasteiger partial charge in [0, 0.05) is 17.5 Å². The van der Waals surface area contributed by atoms with Crippen LogP contribution in [0.5, 0.6) is 0 Å². The van der Waals surface area contributed by atoms with Crippen LogP contribution in [0.1, 0.15) is 21.5 Å². The summed E-state index contributed by atoms with van der Waals surface area (Å²) in [6.45, 7) is 8.22.